The number of sulfonamides is 1. The number of alkyl halides is 3. The van der Waals surface area contributed by atoms with Crippen LogP contribution in [0.5, 0.6) is 0 Å². The minimum absolute atomic E-state index is 0.0489. The van der Waals surface area contributed by atoms with Gasteiger partial charge in [-0.1, -0.05) is 0 Å². The van der Waals surface area contributed by atoms with Crippen molar-refractivity contribution >= 4 is 10.0 Å². The third-order valence-electron chi connectivity index (χ3n) is 3.58. The van der Waals surface area contributed by atoms with Crippen LogP contribution >= 0.6 is 0 Å². The number of hydrogen-bond donors (Lipinski definition) is 2. The van der Waals surface area contributed by atoms with E-state index in [0.29, 0.717) is 19.5 Å². The van der Waals surface area contributed by atoms with Crippen LogP contribution in [0.2, 0.25) is 0 Å². The Morgan fingerprint density at radius 2 is 2.10 bits per heavy atom. The lowest BCUT2D eigenvalue weighted by Gasteiger charge is -2.33. The molecular formula is C11H22F3N3O2S. The van der Waals surface area contributed by atoms with E-state index < -0.39 is 28.7 Å². The second-order valence-corrected chi connectivity index (χ2v) is 7.36. The summed E-state index contributed by atoms with van der Waals surface area (Å²) in [6.07, 6.45) is -2.01. The van der Waals surface area contributed by atoms with E-state index >= 15 is 0 Å². The molecule has 1 aliphatic heterocycles. The van der Waals surface area contributed by atoms with Crippen LogP contribution in [-0.2, 0) is 10.0 Å². The van der Waals surface area contributed by atoms with Crippen LogP contribution in [0.25, 0.3) is 0 Å². The first kappa shape index (κ1) is 17.7. The molecule has 1 saturated heterocycles. The van der Waals surface area contributed by atoms with Gasteiger partial charge in [0, 0.05) is 25.6 Å². The predicted octanol–water partition coefficient (Wildman–Crippen LogP) is 1.22. The number of rotatable bonds is 6. The minimum Gasteiger partial charge on any atom is -0.271 e. The molecule has 3 N–H and O–H groups in total. The summed E-state index contributed by atoms with van der Waals surface area (Å²) in [5.74, 6) is 5.34. The lowest BCUT2D eigenvalue weighted by Crippen LogP contribution is -2.43. The maximum atomic E-state index is 12.2. The van der Waals surface area contributed by atoms with Crippen LogP contribution in [0.4, 0.5) is 13.2 Å². The molecule has 20 heavy (non-hydrogen) atoms. The zero-order valence-electron chi connectivity index (χ0n) is 11.5. The van der Waals surface area contributed by atoms with Gasteiger partial charge in [-0.05, 0) is 31.6 Å². The standard InChI is InChI=1S/C11H22F3N3O2S/c1-20(18,19)17-6-2-3-9(8-17)7-10(16-15)4-5-11(12,13)14/h9-10,16H,2-8,15H2,1H3. The van der Waals surface area contributed by atoms with Gasteiger partial charge >= 0.3 is 6.18 Å². The molecule has 120 valence electrons. The van der Waals surface area contributed by atoms with Gasteiger partial charge in [0.2, 0.25) is 10.0 Å². The highest BCUT2D eigenvalue weighted by Crippen LogP contribution is 2.27. The van der Waals surface area contributed by atoms with Gasteiger partial charge in [0.1, 0.15) is 0 Å². The van der Waals surface area contributed by atoms with Crippen molar-refractivity contribution in [1.82, 2.24) is 9.73 Å². The molecule has 2 unspecified atom stereocenters. The number of nitrogens with zero attached hydrogens (tertiary/aromatic N) is 1. The second kappa shape index (κ2) is 7.06. The lowest BCUT2D eigenvalue weighted by atomic mass is 9.91. The van der Waals surface area contributed by atoms with E-state index in [1.807, 2.05) is 0 Å². The molecular weight excluding hydrogens is 295 g/mol. The van der Waals surface area contributed by atoms with Gasteiger partial charge in [0.15, 0.2) is 0 Å². The van der Waals surface area contributed by atoms with Crippen LogP contribution in [0, 0.1) is 5.92 Å². The number of piperidine rings is 1. The maximum Gasteiger partial charge on any atom is 0.389 e. The van der Waals surface area contributed by atoms with Gasteiger partial charge in [-0.15, -0.1) is 0 Å². The molecule has 1 rings (SSSR count). The zero-order chi connectivity index (χ0) is 15.4. The summed E-state index contributed by atoms with van der Waals surface area (Å²) in [5.41, 5.74) is 2.41. The average molecular weight is 317 g/mol. The van der Waals surface area contributed by atoms with Gasteiger partial charge in [0.25, 0.3) is 0 Å². The molecule has 1 heterocycles. The Labute approximate surface area is 117 Å². The Bertz CT molecular complexity index is 400. The third-order valence-corrected chi connectivity index (χ3v) is 4.85. The molecule has 0 aromatic carbocycles. The summed E-state index contributed by atoms with van der Waals surface area (Å²) >= 11 is 0. The molecule has 0 aromatic heterocycles. The predicted molar refractivity (Wildman–Crippen MR) is 70.2 cm³/mol. The fourth-order valence-electron chi connectivity index (χ4n) is 2.53. The van der Waals surface area contributed by atoms with E-state index in [2.05, 4.69) is 5.43 Å². The Hall–Kier alpha value is -0.380. The molecule has 5 nitrogen and oxygen atoms in total. The van der Waals surface area contributed by atoms with Crippen molar-refractivity contribution in [3.05, 3.63) is 0 Å². The normalized spacial score (nSPS) is 23.8. The van der Waals surface area contributed by atoms with Crippen molar-refractivity contribution in [2.45, 2.75) is 44.3 Å². The summed E-state index contributed by atoms with van der Waals surface area (Å²) in [6, 6.07) is -0.443. The molecule has 0 spiro atoms. The number of nitrogens with two attached hydrogens (primary N) is 1. The summed E-state index contributed by atoms with van der Waals surface area (Å²) < 4.78 is 60.9. The highest BCUT2D eigenvalue weighted by atomic mass is 32.2. The molecule has 0 aliphatic carbocycles. The van der Waals surface area contributed by atoms with E-state index in [-0.39, 0.29) is 12.3 Å². The smallest absolute Gasteiger partial charge is 0.271 e. The van der Waals surface area contributed by atoms with Crippen molar-refractivity contribution in [2.24, 2.45) is 11.8 Å². The van der Waals surface area contributed by atoms with Gasteiger partial charge in [-0.25, -0.2) is 12.7 Å². The fraction of sp³-hybridized carbons (Fsp3) is 1.00. The van der Waals surface area contributed by atoms with Crippen molar-refractivity contribution < 1.29 is 21.6 Å². The molecule has 9 heteroatoms. The number of nitrogens with one attached hydrogen (secondary N) is 1. The van der Waals surface area contributed by atoms with Gasteiger partial charge in [-0.3, -0.25) is 11.3 Å². The molecule has 0 bridgehead atoms. The molecule has 0 saturated carbocycles. The first-order valence-electron chi connectivity index (χ1n) is 6.60. The molecule has 0 radical (unpaired) electrons. The highest BCUT2D eigenvalue weighted by molar-refractivity contribution is 7.88. The van der Waals surface area contributed by atoms with Crippen LogP contribution in [0.3, 0.4) is 0 Å². The third kappa shape index (κ3) is 6.38. The van der Waals surface area contributed by atoms with E-state index in [1.54, 1.807) is 0 Å². The first-order valence-corrected chi connectivity index (χ1v) is 8.44. The lowest BCUT2D eigenvalue weighted by molar-refractivity contribution is -0.136. The second-order valence-electron chi connectivity index (χ2n) is 5.38. The van der Waals surface area contributed by atoms with Crippen LogP contribution in [0.1, 0.15) is 32.1 Å². The minimum atomic E-state index is -4.19. The van der Waals surface area contributed by atoms with Gasteiger partial charge in [0.05, 0.1) is 6.26 Å². The summed E-state index contributed by atoms with van der Waals surface area (Å²) in [7, 11) is -3.24. The highest BCUT2D eigenvalue weighted by Gasteiger charge is 2.31. The maximum absolute atomic E-state index is 12.2. The van der Waals surface area contributed by atoms with E-state index in [9.17, 15) is 21.6 Å². The molecule has 0 aromatic rings. The number of hydrazine groups is 1. The Morgan fingerprint density at radius 3 is 2.60 bits per heavy atom. The number of halogens is 3. The van der Waals surface area contributed by atoms with Crippen LogP contribution in [0.15, 0.2) is 0 Å². The van der Waals surface area contributed by atoms with Crippen molar-refractivity contribution in [3.8, 4) is 0 Å². The SMILES string of the molecule is CS(=O)(=O)N1CCCC(CC(CCC(F)(F)F)NN)C1. The largest absolute Gasteiger partial charge is 0.389 e. The van der Waals surface area contributed by atoms with Crippen molar-refractivity contribution in [2.75, 3.05) is 19.3 Å². The van der Waals surface area contributed by atoms with E-state index in [4.69, 9.17) is 5.84 Å². The zero-order valence-corrected chi connectivity index (χ0v) is 12.3. The van der Waals surface area contributed by atoms with Gasteiger partial charge < -0.3 is 0 Å². The molecule has 1 fully saturated rings. The van der Waals surface area contributed by atoms with Crippen LogP contribution in [-0.4, -0.2) is 44.3 Å². The Morgan fingerprint density at radius 1 is 1.45 bits per heavy atom. The fourth-order valence-corrected chi connectivity index (χ4v) is 3.47. The Balaban J connectivity index is 2.49. The Kier molecular flexibility index (Phi) is 6.24. The topological polar surface area (TPSA) is 75.4 Å². The molecule has 0 amide bonds. The van der Waals surface area contributed by atoms with Crippen molar-refractivity contribution in [1.29, 1.82) is 0 Å². The van der Waals surface area contributed by atoms with Gasteiger partial charge in [-0.2, -0.15) is 13.2 Å². The first-order chi connectivity index (χ1) is 9.12. The number of hydrogen-bond acceptors (Lipinski definition) is 4. The van der Waals surface area contributed by atoms with Crippen LogP contribution < -0.4 is 11.3 Å². The summed E-state index contributed by atoms with van der Waals surface area (Å²) in [4.78, 5) is 0. The molecule has 2 atom stereocenters. The van der Waals surface area contributed by atoms with Crippen molar-refractivity contribution in [3.63, 3.8) is 0 Å². The van der Waals surface area contributed by atoms with E-state index in [0.717, 1.165) is 19.1 Å². The molecule has 1 aliphatic rings. The summed E-state index contributed by atoms with van der Waals surface area (Å²) in [5, 5.41) is 0. The van der Waals surface area contributed by atoms with E-state index in [1.165, 1.54) is 4.31 Å². The monoisotopic (exact) mass is 317 g/mol. The average Bonchev–Trinajstić information content (AvgIpc) is 2.32. The summed E-state index contributed by atoms with van der Waals surface area (Å²) in [6.45, 7) is 0.849. The quantitative estimate of drug-likeness (QED) is 0.570.